The van der Waals surface area contributed by atoms with E-state index in [0.717, 1.165) is 17.9 Å². The van der Waals surface area contributed by atoms with Gasteiger partial charge in [-0.3, -0.25) is 9.20 Å². The number of fused-ring (bicyclic) bond motifs is 1. The van der Waals surface area contributed by atoms with E-state index < -0.39 is 0 Å². The van der Waals surface area contributed by atoms with Crippen LogP contribution < -0.4 is 10.6 Å². The Balaban J connectivity index is 0.00000180. The van der Waals surface area contributed by atoms with Gasteiger partial charge in [0.15, 0.2) is 0 Å². The molecule has 0 saturated carbocycles. The Bertz CT molecular complexity index is 517. The van der Waals surface area contributed by atoms with Crippen LogP contribution in [0.1, 0.15) is 10.5 Å². The van der Waals surface area contributed by atoms with Crippen LogP contribution in [0.5, 0.6) is 0 Å². The molecule has 2 heterocycles. The second-order valence-electron chi connectivity index (χ2n) is 3.72. The number of nitrogens with zero attached hydrogens (tertiary/aromatic N) is 2. The van der Waals surface area contributed by atoms with Crippen LogP contribution in [0.25, 0.3) is 4.83 Å². The standard InChI is InChI=1S/C11H16N4O2S.2ClH/c1-17-5-4-12-2-3-14-11(16)9-7-18-10-6-13-8-15(9)10;;/h6-8,12H,2-5H2,1H3,(H,14,16);2*1H. The van der Waals surface area contributed by atoms with Gasteiger partial charge in [-0.1, -0.05) is 0 Å². The molecule has 0 bridgehead atoms. The number of carbonyl (C=O) groups is 1. The molecular weight excluding hydrogens is 323 g/mol. The number of ether oxygens (including phenoxy) is 1. The normalized spacial score (nSPS) is 9.85. The molecule has 0 atom stereocenters. The third kappa shape index (κ3) is 4.92. The van der Waals surface area contributed by atoms with Crippen LogP contribution in [0.3, 0.4) is 0 Å². The average Bonchev–Trinajstić information content (AvgIpc) is 2.95. The van der Waals surface area contributed by atoms with E-state index >= 15 is 0 Å². The Hall–Kier alpha value is -0.860. The van der Waals surface area contributed by atoms with Gasteiger partial charge in [0, 0.05) is 32.1 Å². The van der Waals surface area contributed by atoms with Crippen LogP contribution in [-0.4, -0.2) is 48.6 Å². The predicted molar refractivity (Wildman–Crippen MR) is 84.6 cm³/mol. The maximum atomic E-state index is 11.9. The second kappa shape index (κ2) is 9.95. The third-order valence-electron chi connectivity index (χ3n) is 2.46. The first-order valence-corrected chi connectivity index (χ1v) is 6.58. The number of thiazole rings is 1. The molecular formula is C11H18Cl2N4O2S. The Kier molecular flexibility index (Phi) is 9.52. The van der Waals surface area contributed by atoms with Gasteiger partial charge in [-0.15, -0.1) is 36.2 Å². The number of nitrogens with one attached hydrogen (secondary N) is 2. The van der Waals surface area contributed by atoms with E-state index in [2.05, 4.69) is 15.6 Å². The molecule has 2 aromatic rings. The van der Waals surface area contributed by atoms with Crippen LogP contribution >= 0.6 is 36.2 Å². The molecule has 0 fully saturated rings. The van der Waals surface area contributed by atoms with Crippen molar-refractivity contribution >= 4 is 46.9 Å². The number of hydrogen-bond donors (Lipinski definition) is 2. The minimum Gasteiger partial charge on any atom is -0.383 e. The maximum Gasteiger partial charge on any atom is 0.269 e. The maximum absolute atomic E-state index is 11.9. The van der Waals surface area contributed by atoms with Crippen LogP contribution in [0.2, 0.25) is 0 Å². The van der Waals surface area contributed by atoms with Crippen molar-refractivity contribution in [2.45, 2.75) is 0 Å². The van der Waals surface area contributed by atoms with Crippen LogP contribution in [-0.2, 0) is 4.74 Å². The zero-order valence-corrected chi connectivity index (χ0v) is 13.4. The van der Waals surface area contributed by atoms with Gasteiger partial charge < -0.3 is 15.4 Å². The summed E-state index contributed by atoms with van der Waals surface area (Å²) in [5.41, 5.74) is 0.629. The van der Waals surface area contributed by atoms with Crippen LogP contribution in [0.15, 0.2) is 17.9 Å². The number of halogens is 2. The Morgan fingerprint density at radius 1 is 1.40 bits per heavy atom. The number of carbonyl (C=O) groups excluding carboxylic acids is 1. The predicted octanol–water partition coefficient (Wildman–Crippen LogP) is 1.21. The summed E-state index contributed by atoms with van der Waals surface area (Å²) in [6, 6.07) is 0. The molecule has 0 spiro atoms. The van der Waals surface area contributed by atoms with Crippen molar-refractivity contribution < 1.29 is 9.53 Å². The smallest absolute Gasteiger partial charge is 0.269 e. The quantitative estimate of drug-likeness (QED) is 0.743. The minimum atomic E-state index is -0.0761. The molecule has 20 heavy (non-hydrogen) atoms. The molecule has 1 amide bonds. The van der Waals surface area contributed by atoms with Gasteiger partial charge in [-0.05, 0) is 0 Å². The fourth-order valence-electron chi connectivity index (χ4n) is 1.54. The monoisotopic (exact) mass is 340 g/mol. The third-order valence-corrected chi connectivity index (χ3v) is 3.34. The lowest BCUT2D eigenvalue weighted by Crippen LogP contribution is -2.33. The van der Waals surface area contributed by atoms with Crippen molar-refractivity contribution in [3.8, 4) is 0 Å². The molecule has 114 valence electrons. The lowest BCUT2D eigenvalue weighted by atomic mass is 10.4. The molecule has 0 aliphatic rings. The summed E-state index contributed by atoms with van der Waals surface area (Å²) in [6.07, 6.45) is 3.39. The highest BCUT2D eigenvalue weighted by Crippen LogP contribution is 2.15. The first-order chi connectivity index (χ1) is 8.83. The summed E-state index contributed by atoms with van der Waals surface area (Å²) in [5.74, 6) is -0.0761. The summed E-state index contributed by atoms with van der Waals surface area (Å²) >= 11 is 1.51. The zero-order chi connectivity index (χ0) is 12.8. The van der Waals surface area contributed by atoms with Crippen LogP contribution in [0.4, 0.5) is 0 Å². The fraction of sp³-hybridized carbons (Fsp3) is 0.455. The number of hydrogen-bond acceptors (Lipinski definition) is 5. The molecule has 0 aromatic carbocycles. The van der Waals surface area contributed by atoms with Crippen molar-refractivity contribution in [2.24, 2.45) is 0 Å². The van der Waals surface area contributed by atoms with Crippen molar-refractivity contribution in [3.63, 3.8) is 0 Å². The van der Waals surface area contributed by atoms with Crippen molar-refractivity contribution in [1.82, 2.24) is 20.0 Å². The van der Waals surface area contributed by atoms with Gasteiger partial charge in [-0.25, -0.2) is 4.98 Å². The van der Waals surface area contributed by atoms with E-state index in [-0.39, 0.29) is 30.7 Å². The van der Waals surface area contributed by atoms with E-state index in [4.69, 9.17) is 4.74 Å². The molecule has 0 aliphatic carbocycles. The molecule has 2 aromatic heterocycles. The van der Waals surface area contributed by atoms with Gasteiger partial charge in [0.2, 0.25) is 0 Å². The first-order valence-electron chi connectivity index (χ1n) is 5.70. The SMILES string of the molecule is COCCNCCNC(=O)c1csc2cncn12.Cl.Cl. The largest absolute Gasteiger partial charge is 0.383 e. The topological polar surface area (TPSA) is 67.7 Å². The highest BCUT2D eigenvalue weighted by molar-refractivity contribution is 7.15. The number of rotatable bonds is 7. The highest BCUT2D eigenvalue weighted by Gasteiger charge is 2.11. The lowest BCUT2D eigenvalue weighted by molar-refractivity contribution is 0.0948. The molecule has 0 aliphatic heterocycles. The van der Waals surface area contributed by atoms with Crippen LogP contribution in [0, 0.1) is 0 Å². The average molecular weight is 341 g/mol. The molecule has 9 heteroatoms. The molecule has 0 saturated heterocycles. The van der Waals surface area contributed by atoms with E-state index in [1.165, 1.54) is 11.3 Å². The van der Waals surface area contributed by atoms with Crippen molar-refractivity contribution in [2.75, 3.05) is 33.4 Å². The lowest BCUT2D eigenvalue weighted by Gasteiger charge is -2.05. The molecule has 2 rings (SSSR count). The summed E-state index contributed by atoms with van der Waals surface area (Å²) in [7, 11) is 1.66. The molecule has 0 radical (unpaired) electrons. The summed E-state index contributed by atoms with van der Waals surface area (Å²) in [6.45, 7) is 2.78. The second-order valence-corrected chi connectivity index (χ2v) is 4.61. The van der Waals surface area contributed by atoms with Gasteiger partial charge in [0.05, 0.1) is 12.8 Å². The number of aromatic nitrogens is 2. The van der Waals surface area contributed by atoms with E-state index in [9.17, 15) is 4.79 Å². The number of imidazole rings is 1. The summed E-state index contributed by atoms with van der Waals surface area (Å²) < 4.78 is 6.70. The Labute approximate surface area is 133 Å². The summed E-state index contributed by atoms with van der Waals surface area (Å²) in [4.78, 5) is 16.9. The van der Waals surface area contributed by atoms with Crippen molar-refractivity contribution in [1.29, 1.82) is 0 Å². The van der Waals surface area contributed by atoms with Gasteiger partial charge in [-0.2, -0.15) is 0 Å². The minimum absolute atomic E-state index is 0. The van der Waals surface area contributed by atoms with E-state index in [0.29, 0.717) is 18.8 Å². The molecule has 0 unspecified atom stereocenters. The van der Waals surface area contributed by atoms with E-state index in [1.54, 1.807) is 24.0 Å². The van der Waals surface area contributed by atoms with Gasteiger partial charge >= 0.3 is 0 Å². The Morgan fingerprint density at radius 3 is 2.95 bits per heavy atom. The molecule has 2 N–H and O–H groups in total. The van der Waals surface area contributed by atoms with Gasteiger partial charge in [0.25, 0.3) is 5.91 Å². The van der Waals surface area contributed by atoms with E-state index in [1.807, 2.05) is 5.38 Å². The number of methoxy groups -OCH3 is 1. The Morgan fingerprint density at radius 2 is 2.20 bits per heavy atom. The zero-order valence-electron chi connectivity index (χ0n) is 11.0. The van der Waals surface area contributed by atoms with Gasteiger partial charge in [0.1, 0.15) is 16.9 Å². The fourth-order valence-corrected chi connectivity index (χ4v) is 2.37. The molecule has 6 nitrogen and oxygen atoms in total. The van der Waals surface area contributed by atoms with Crippen molar-refractivity contribution in [3.05, 3.63) is 23.6 Å². The highest BCUT2D eigenvalue weighted by atomic mass is 35.5. The first kappa shape index (κ1) is 19.1. The summed E-state index contributed by atoms with van der Waals surface area (Å²) in [5, 5.41) is 7.86. The number of amides is 1.